The Balaban J connectivity index is 3.37. The zero-order valence-electron chi connectivity index (χ0n) is 10.2. The molecule has 88 valence electrons. The van der Waals surface area contributed by atoms with Crippen LogP contribution in [0.25, 0.3) is 0 Å². The highest BCUT2D eigenvalue weighted by Crippen LogP contribution is 2.19. The quantitative estimate of drug-likeness (QED) is 0.604. The Hall–Kier alpha value is -0.590. The maximum atomic E-state index is 8.81. The molecular formula is C12H24N2O. The first-order chi connectivity index (χ1) is 7.02. The van der Waals surface area contributed by atoms with Crippen LogP contribution in [-0.4, -0.2) is 24.8 Å². The number of nitrogens with zero attached hydrogens (tertiary/aromatic N) is 1. The lowest BCUT2D eigenvalue weighted by atomic mass is 9.90. The van der Waals surface area contributed by atoms with Crippen LogP contribution in [-0.2, 0) is 0 Å². The van der Waals surface area contributed by atoms with Crippen LogP contribution in [0.4, 0.5) is 0 Å². The Kier molecular flexibility index (Phi) is 7.37. The van der Waals surface area contributed by atoms with Gasteiger partial charge in [0.15, 0.2) is 0 Å². The van der Waals surface area contributed by atoms with E-state index in [-0.39, 0.29) is 12.0 Å². The van der Waals surface area contributed by atoms with Crippen molar-refractivity contribution >= 4 is 0 Å². The fourth-order valence-electron chi connectivity index (χ4n) is 1.38. The fourth-order valence-corrected chi connectivity index (χ4v) is 1.38. The van der Waals surface area contributed by atoms with Gasteiger partial charge in [-0.3, -0.25) is 0 Å². The average Bonchev–Trinajstić information content (AvgIpc) is 2.17. The minimum Gasteiger partial charge on any atom is -0.396 e. The molecule has 3 nitrogen and oxygen atoms in total. The molecule has 1 atom stereocenters. The third-order valence-electron chi connectivity index (χ3n) is 2.57. The lowest BCUT2D eigenvalue weighted by Crippen LogP contribution is -2.24. The predicted molar refractivity (Wildman–Crippen MR) is 62.4 cm³/mol. The molecule has 0 bridgehead atoms. The predicted octanol–water partition coefficient (Wildman–Crippen LogP) is 1.92. The normalized spacial score (nSPS) is 13.5. The van der Waals surface area contributed by atoms with Crippen molar-refractivity contribution in [2.45, 2.75) is 40.0 Å². The van der Waals surface area contributed by atoms with Gasteiger partial charge in [-0.2, -0.15) is 5.26 Å². The van der Waals surface area contributed by atoms with Crippen LogP contribution in [0.15, 0.2) is 0 Å². The van der Waals surface area contributed by atoms with Crippen LogP contribution >= 0.6 is 0 Å². The number of nitriles is 1. The van der Waals surface area contributed by atoms with Crippen molar-refractivity contribution < 1.29 is 5.11 Å². The minimum absolute atomic E-state index is 0.196. The molecule has 0 aromatic carbocycles. The number of nitrogens with one attached hydrogen (secondary N) is 1. The van der Waals surface area contributed by atoms with Crippen LogP contribution < -0.4 is 5.32 Å². The highest BCUT2D eigenvalue weighted by molar-refractivity contribution is 4.91. The number of aliphatic hydroxyl groups is 1. The van der Waals surface area contributed by atoms with Crippen molar-refractivity contribution in [2.75, 3.05) is 19.7 Å². The zero-order chi connectivity index (χ0) is 11.7. The Bertz CT molecular complexity index is 196. The third kappa shape index (κ3) is 8.41. The summed E-state index contributed by atoms with van der Waals surface area (Å²) in [6.07, 6.45) is 2.83. The van der Waals surface area contributed by atoms with Crippen molar-refractivity contribution in [3.63, 3.8) is 0 Å². The first kappa shape index (κ1) is 14.4. The van der Waals surface area contributed by atoms with E-state index in [1.54, 1.807) is 0 Å². The van der Waals surface area contributed by atoms with Crippen molar-refractivity contribution in [3.8, 4) is 6.07 Å². The highest BCUT2D eigenvalue weighted by atomic mass is 16.3. The molecule has 0 aliphatic rings. The van der Waals surface area contributed by atoms with Gasteiger partial charge in [0.1, 0.15) is 0 Å². The Morgan fingerprint density at radius 1 is 1.47 bits per heavy atom. The van der Waals surface area contributed by atoms with Gasteiger partial charge in [0.05, 0.1) is 11.5 Å². The summed E-state index contributed by atoms with van der Waals surface area (Å²) in [5.74, 6) is 0.527. The number of aliphatic hydroxyl groups excluding tert-OH is 1. The molecule has 0 aliphatic carbocycles. The van der Waals surface area contributed by atoms with Gasteiger partial charge in [-0.05, 0) is 52.1 Å². The number of hydrogen-bond donors (Lipinski definition) is 2. The second kappa shape index (κ2) is 7.67. The van der Waals surface area contributed by atoms with E-state index >= 15 is 0 Å². The van der Waals surface area contributed by atoms with Crippen molar-refractivity contribution in [2.24, 2.45) is 11.3 Å². The molecule has 15 heavy (non-hydrogen) atoms. The molecule has 3 heteroatoms. The summed E-state index contributed by atoms with van der Waals surface area (Å²) in [5.41, 5.74) is -0.196. The van der Waals surface area contributed by atoms with Gasteiger partial charge in [-0.25, -0.2) is 0 Å². The smallest absolute Gasteiger partial charge is 0.0683 e. The van der Waals surface area contributed by atoms with Gasteiger partial charge in [0.2, 0.25) is 0 Å². The van der Waals surface area contributed by atoms with Crippen LogP contribution in [0.2, 0.25) is 0 Å². The van der Waals surface area contributed by atoms with Gasteiger partial charge >= 0.3 is 0 Å². The summed E-state index contributed by atoms with van der Waals surface area (Å²) in [7, 11) is 0. The SMILES string of the molecule is CC(CCO)CNCCCC(C)(C)C#N. The number of hydrogen-bond acceptors (Lipinski definition) is 3. The number of rotatable bonds is 8. The van der Waals surface area contributed by atoms with Crippen molar-refractivity contribution in [1.82, 2.24) is 5.32 Å². The Labute approximate surface area is 93.5 Å². The molecule has 0 aromatic heterocycles. The molecule has 0 rings (SSSR count). The minimum atomic E-state index is -0.196. The Morgan fingerprint density at radius 3 is 2.67 bits per heavy atom. The van der Waals surface area contributed by atoms with Crippen molar-refractivity contribution in [1.29, 1.82) is 5.26 Å². The first-order valence-corrected chi connectivity index (χ1v) is 5.74. The van der Waals surface area contributed by atoms with Crippen molar-refractivity contribution in [3.05, 3.63) is 0 Å². The highest BCUT2D eigenvalue weighted by Gasteiger charge is 2.15. The lowest BCUT2D eigenvalue weighted by molar-refractivity contribution is 0.260. The summed E-state index contributed by atoms with van der Waals surface area (Å²) in [4.78, 5) is 0. The molecule has 0 amide bonds. The lowest BCUT2D eigenvalue weighted by Gasteiger charge is -2.15. The summed E-state index contributed by atoms with van der Waals surface area (Å²) in [5, 5.41) is 20.9. The van der Waals surface area contributed by atoms with E-state index in [2.05, 4.69) is 18.3 Å². The van der Waals surface area contributed by atoms with Gasteiger partial charge in [0.25, 0.3) is 0 Å². The summed E-state index contributed by atoms with van der Waals surface area (Å²) in [6.45, 7) is 8.25. The largest absolute Gasteiger partial charge is 0.396 e. The van der Waals surface area contributed by atoms with Crippen LogP contribution in [0.3, 0.4) is 0 Å². The van der Waals surface area contributed by atoms with Gasteiger partial charge < -0.3 is 10.4 Å². The van der Waals surface area contributed by atoms with E-state index in [1.807, 2.05) is 13.8 Å². The van der Waals surface area contributed by atoms with Crippen LogP contribution in [0.1, 0.15) is 40.0 Å². The van der Waals surface area contributed by atoms with E-state index < -0.39 is 0 Å². The molecule has 0 radical (unpaired) electrons. The van der Waals surface area contributed by atoms with E-state index in [9.17, 15) is 0 Å². The third-order valence-corrected chi connectivity index (χ3v) is 2.57. The monoisotopic (exact) mass is 212 g/mol. The van der Waals surface area contributed by atoms with Crippen LogP contribution in [0.5, 0.6) is 0 Å². The van der Waals surface area contributed by atoms with E-state index in [4.69, 9.17) is 10.4 Å². The van der Waals surface area contributed by atoms with E-state index in [0.29, 0.717) is 5.92 Å². The molecule has 0 spiro atoms. The first-order valence-electron chi connectivity index (χ1n) is 5.74. The molecule has 0 saturated heterocycles. The molecular weight excluding hydrogens is 188 g/mol. The fraction of sp³-hybridized carbons (Fsp3) is 0.917. The zero-order valence-corrected chi connectivity index (χ0v) is 10.2. The van der Waals surface area contributed by atoms with Gasteiger partial charge in [-0.15, -0.1) is 0 Å². The van der Waals surface area contributed by atoms with E-state index in [1.165, 1.54) is 0 Å². The summed E-state index contributed by atoms with van der Waals surface area (Å²) < 4.78 is 0. The molecule has 0 aliphatic heterocycles. The maximum absolute atomic E-state index is 8.81. The van der Waals surface area contributed by atoms with Crippen LogP contribution in [0, 0.1) is 22.7 Å². The molecule has 1 unspecified atom stereocenters. The Morgan fingerprint density at radius 2 is 2.13 bits per heavy atom. The molecule has 2 N–H and O–H groups in total. The maximum Gasteiger partial charge on any atom is 0.0683 e. The summed E-state index contributed by atoms with van der Waals surface area (Å²) in [6, 6.07) is 2.30. The summed E-state index contributed by atoms with van der Waals surface area (Å²) >= 11 is 0. The van der Waals surface area contributed by atoms with Gasteiger partial charge in [-0.1, -0.05) is 6.92 Å². The second-order valence-electron chi connectivity index (χ2n) is 4.92. The standard InChI is InChI=1S/C12H24N2O/c1-11(5-8-15)9-14-7-4-6-12(2,3)10-13/h11,14-15H,4-9H2,1-3H3. The van der Waals surface area contributed by atoms with E-state index in [0.717, 1.165) is 32.4 Å². The molecule has 0 saturated carbocycles. The molecule has 0 aromatic rings. The average molecular weight is 212 g/mol. The molecule has 0 fully saturated rings. The second-order valence-corrected chi connectivity index (χ2v) is 4.92. The topological polar surface area (TPSA) is 56.0 Å². The molecule has 0 heterocycles. The van der Waals surface area contributed by atoms with Gasteiger partial charge in [0, 0.05) is 6.61 Å².